The van der Waals surface area contributed by atoms with Gasteiger partial charge in [-0.1, -0.05) is 6.92 Å². The summed E-state index contributed by atoms with van der Waals surface area (Å²) in [6.07, 6.45) is 5.58. The summed E-state index contributed by atoms with van der Waals surface area (Å²) in [6, 6.07) is 4.25. The molecule has 1 aliphatic heterocycles. The minimum atomic E-state index is 0.804. The van der Waals surface area contributed by atoms with Crippen LogP contribution >= 0.6 is 0 Å². The summed E-state index contributed by atoms with van der Waals surface area (Å²) in [5.74, 6) is 1.83. The van der Waals surface area contributed by atoms with E-state index in [9.17, 15) is 0 Å². The topological polar surface area (TPSA) is 28.2 Å². The van der Waals surface area contributed by atoms with Crippen LogP contribution in [0.2, 0.25) is 0 Å². The summed E-state index contributed by atoms with van der Waals surface area (Å²) < 4.78 is 0. The molecule has 1 aliphatic rings. The van der Waals surface area contributed by atoms with Crippen molar-refractivity contribution in [2.75, 3.05) is 32.0 Å². The molecule has 3 nitrogen and oxygen atoms in total. The van der Waals surface area contributed by atoms with Gasteiger partial charge in [-0.2, -0.15) is 0 Å². The molecule has 0 unspecified atom stereocenters. The lowest BCUT2D eigenvalue weighted by Gasteiger charge is -2.29. The molecule has 0 atom stereocenters. The molecule has 17 heavy (non-hydrogen) atoms. The number of aryl methyl sites for hydroxylation is 1. The van der Waals surface area contributed by atoms with Crippen molar-refractivity contribution in [3.63, 3.8) is 0 Å². The molecule has 0 aromatic carbocycles. The monoisotopic (exact) mass is 233 g/mol. The molecule has 0 spiro atoms. The Morgan fingerprint density at radius 3 is 2.88 bits per heavy atom. The summed E-state index contributed by atoms with van der Waals surface area (Å²) in [6.45, 7) is 5.70. The van der Waals surface area contributed by atoms with Crippen molar-refractivity contribution in [1.29, 1.82) is 0 Å². The van der Waals surface area contributed by atoms with Gasteiger partial charge < -0.3 is 10.2 Å². The lowest BCUT2D eigenvalue weighted by molar-refractivity contribution is 0.226. The standard InChI is InChI=1S/C14H23N3/c1-3-12-4-7-15-14(10-12)16-11-13-5-8-17(2)9-6-13/h4,7,10,13H,3,5-6,8-9,11H2,1-2H3,(H,15,16). The maximum absolute atomic E-state index is 4.37. The Bertz CT molecular complexity index is 343. The Morgan fingerprint density at radius 2 is 2.18 bits per heavy atom. The van der Waals surface area contributed by atoms with Crippen LogP contribution in [0.15, 0.2) is 18.3 Å². The Morgan fingerprint density at radius 1 is 1.41 bits per heavy atom. The molecule has 1 aromatic rings. The molecule has 1 saturated heterocycles. The third-order valence-corrected chi connectivity index (χ3v) is 3.64. The minimum Gasteiger partial charge on any atom is -0.370 e. The summed E-state index contributed by atoms with van der Waals surface area (Å²) >= 11 is 0. The number of nitrogens with zero attached hydrogens (tertiary/aromatic N) is 2. The number of hydrogen-bond donors (Lipinski definition) is 1. The van der Waals surface area contributed by atoms with Crippen LogP contribution in [-0.2, 0) is 6.42 Å². The van der Waals surface area contributed by atoms with Crippen LogP contribution in [-0.4, -0.2) is 36.6 Å². The third-order valence-electron chi connectivity index (χ3n) is 3.64. The highest BCUT2D eigenvalue weighted by Gasteiger charge is 2.16. The summed E-state index contributed by atoms with van der Waals surface area (Å²) in [5.41, 5.74) is 1.35. The molecule has 0 bridgehead atoms. The minimum absolute atomic E-state index is 0.804. The van der Waals surface area contributed by atoms with E-state index in [1.54, 1.807) is 0 Å². The summed E-state index contributed by atoms with van der Waals surface area (Å²) in [4.78, 5) is 6.77. The smallest absolute Gasteiger partial charge is 0.126 e. The number of aromatic nitrogens is 1. The van der Waals surface area contributed by atoms with E-state index in [2.05, 4.69) is 41.3 Å². The van der Waals surface area contributed by atoms with Gasteiger partial charge in [-0.05, 0) is 63.0 Å². The Labute approximate surface area is 104 Å². The van der Waals surface area contributed by atoms with Gasteiger partial charge in [0, 0.05) is 12.7 Å². The quantitative estimate of drug-likeness (QED) is 0.865. The van der Waals surface area contributed by atoms with Gasteiger partial charge in [-0.25, -0.2) is 4.98 Å². The van der Waals surface area contributed by atoms with Crippen LogP contribution in [0.25, 0.3) is 0 Å². The summed E-state index contributed by atoms with van der Waals surface area (Å²) in [5, 5.41) is 3.47. The van der Waals surface area contributed by atoms with Crippen molar-refractivity contribution in [1.82, 2.24) is 9.88 Å². The molecule has 3 heteroatoms. The van der Waals surface area contributed by atoms with E-state index in [0.29, 0.717) is 0 Å². The highest BCUT2D eigenvalue weighted by atomic mass is 15.1. The van der Waals surface area contributed by atoms with Crippen LogP contribution in [0, 0.1) is 5.92 Å². The predicted molar refractivity (Wildman–Crippen MR) is 72.3 cm³/mol. The molecule has 1 N–H and O–H groups in total. The predicted octanol–water partition coefficient (Wildman–Crippen LogP) is 2.40. The first kappa shape index (κ1) is 12.4. The fourth-order valence-electron chi connectivity index (χ4n) is 2.31. The highest BCUT2D eigenvalue weighted by Crippen LogP contribution is 2.16. The summed E-state index contributed by atoms with van der Waals surface area (Å²) in [7, 11) is 2.20. The largest absolute Gasteiger partial charge is 0.370 e. The van der Waals surface area contributed by atoms with E-state index in [0.717, 1.165) is 24.7 Å². The average Bonchev–Trinajstić information content (AvgIpc) is 2.38. The molecular weight excluding hydrogens is 210 g/mol. The van der Waals surface area contributed by atoms with E-state index in [-0.39, 0.29) is 0 Å². The van der Waals surface area contributed by atoms with E-state index >= 15 is 0 Å². The van der Waals surface area contributed by atoms with Gasteiger partial charge in [0.15, 0.2) is 0 Å². The normalized spacial score (nSPS) is 18.2. The van der Waals surface area contributed by atoms with Gasteiger partial charge in [-0.15, -0.1) is 0 Å². The molecule has 0 saturated carbocycles. The van der Waals surface area contributed by atoms with Crippen LogP contribution < -0.4 is 5.32 Å². The van der Waals surface area contributed by atoms with Crippen molar-refractivity contribution in [2.45, 2.75) is 26.2 Å². The number of piperidine rings is 1. The lowest BCUT2D eigenvalue weighted by Crippen LogP contribution is -2.33. The van der Waals surface area contributed by atoms with Crippen LogP contribution in [0.3, 0.4) is 0 Å². The van der Waals surface area contributed by atoms with E-state index in [4.69, 9.17) is 0 Å². The molecule has 0 amide bonds. The second kappa shape index (κ2) is 6.01. The molecule has 1 aromatic heterocycles. The lowest BCUT2D eigenvalue weighted by atomic mass is 9.97. The number of nitrogens with one attached hydrogen (secondary N) is 1. The van der Waals surface area contributed by atoms with Gasteiger partial charge in [0.1, 0.15) is 5.82 Å². The van der Waals surface area contributed by atoms with Crippen molar-refractivity contribution in [2.24, 2.45) is 5.92 Å². The van der Waals surface area contributed by atoms with E-state index in [1.807, 2.05) is 6.20 Å². The van der Waals surface area contributed by atoms with Gasteiger partial charge in [0.05, 0.1) is 0 Å². The third kappa shape index (κ3) is 3.70. The number of pyridine rings is 1. The van der Waals surface area contributed by atoms with Crippen LogP contribution in [0.1, 0.15) is 25.3 Å². The SMILES string of the molecule is CCc1ccnc(NCC2CCN(C)CC2)c1. The second-order valence-corrected chi connectivity index (χ2v) is 5.03. The molecular formula is C14H23N3. The first-order chi connectivity index (χ1) is 8.28. The van der Waals surface area contributed by atoms with Crippen molar-refractivity contribution < 1.29 is 0 Å². The highest BCUT2D eigenvalue weighted by molar-refractivity contribution is 5.37. The first-order valence-corrected chi connectivity index (χ1v) is 6.65. The Hall–Kier alpha value is -1.09. The van der Waals surface area contributed by atoms with Crippen molar-refractivity contribution in [3.05, 3.63) is 23.9 Å². The first-order valence-electron chi connectivity index (χ1n) is 6.65. The fraction of sp³-hybridized carbons (Fsp3) is 0.643. The van der Waals surface area contributed by atoms with Gasteiger partial charge in [-0.3, -0.25) is 0 Å². The van der Waals surface area contributed by atoms with Gasteiger partial charge in [0.25, 0.3) is 0 Å². The number of anilines is 1. The van der Waals surface area contributed by atoms with Crippen LogP contribution in [0.4, 0.5) is 5.82 Å². The number of hydrogen-bond acceptors (Lipinski definition) is 3. The maximum atomic E-state index is 4.37. The van der Waals surface area contributed by atoms with Gasteiger partial charge in [0.2, 0.25) is 0 Å². The zero-order chi connectivity index (χ0) is 12.1. The van der Waals surface area contributed by atoms with Crippen LogP contribution in [0.5, 0.6) is 0 Å². The van der Waals surface area contributed by atoms with Crippen molar-refractivity contribution in [3.8, 4) is 0 Å². The Balaban J connectivity index is 1.81. The zero-order valence-corrected chi connectivity index (χ0v) is 10.9. The van der Waals surface area contributed by atoms with E-state index in [1.165, 1.54) is 31.5 Å². The molecule has 1 fully saturated rings. The molecule has 0 aliphatic carbocycles. The molecule has 94 valence electrons. The molecule has 0 radical (unpaired) electrons. The fourth-order valence-corrected chi connectivity index (χ4v) is 2.31. The molecule has 2 heterocycles. The second-order valence-electron chi connectivity index (χ2n) is 5.03. The number of likely N-dealkylation sites (tertiary alicyclic amines) is 1. The van der Waals surface area contributed by atoms with Gasteiger partial charge >= 0.3 is 0 Å². The number of rotatable bonds is 4. The molecule has 2 rings (SSSR count). The zero-order valence-electron chi connectivity index (χ0n) is 10.9. The van der Waals surface area contributed by atoms with E-state index < -0.39 is 0 Å². The average molecular weight is 233 g/mol. The Kier molecular flexibility index (Phi) is 4.37. The van der Waals surface area contributed by atoms with Crippen molar-refractivity contribution >= 4 is 5.82 Å². The maximum Gasteiger partial charge on any atom is 0.126 e.